The second-order valence-corrected chi connectivity index (χ2v) is 12.1. The zero-order chi connectivity index (χ0) is 30.5. The number of Topliss-reactive ketones (excluding diaryl/α,β-unsaturated/α-hetero) is 1. The summed E-state index contributed by atoms with van der Waals surface area (Å²) in [5.74, 6) is -0.505. The quantitative estimate of drug-likeness (QED) is 0.281. The van der Waals surface area contributed by atoms with Crippen LogP contribution in [-0.4, -0.2) is 58.8 Å². The molecule has 2 amide bonds. The number of aryl methyl sites for hydroxylation is 1. The SMILES string of the molecule is CC(=O)c1cc2c(cc1NC(=O)c1sccc1S(=O)(=O)NC1N(C(=O)n3ccnc3)C=CN1c1onc(C)c1Cl)OCO2. The molecule has 0 spiro atoms. The highest BCUT2D eigenvalue weighted by atomic mass is 35.5. The Bertz CT molecular complexity index is 1900. The van der Waals surface area contributed by atoms with Gasteiger partial charge in [-0.15, -0.1) is 11.3 Å². The van der Waals surface area contributed by atoms with Crippen LogP contribution < -0.4 is 24.4 Å². The zero-order valence-corrected chi connectivity index (χ0v) is 24.6. The zero-order valence-electron chi connectivity index (χ0n) is 22.2. The summed E-state index contributed by atoms with van der Waals surface area (Å²) in [6.07, 6.45) is 5.33. The molecule has 1 atom stereocenters. The van der Waals surface area contributed by atoms with Crippen molar-refractivity contribution in [3.05, 3.63) is 75.9 Å². The first-order chi connectivity index (χ1) is 20.5. The minimum absolute atomic E-state index is 0.0214. The number of aromatic nitrogens is 3. The van der Waals surface area contributed by atoms with Gasteiger partial charge in [-0.05, 0) is 31.4 Å². The predicted molar refractivity (Wildman–Crippen MR) is 152 cm³/mol. The van der Waals surface area contributed by atoms with E-state index in [4.69, 9.17) is 25.6 Å². The molecule has 6 rings (SSSR count). The van der Waals surface area contributed by atoms with Gasteiger partial charge in [0.1, 0.15) is 26.8 Å². The van der Waals surface area contributed by atoms with Crippen molar-refractivity contribution in [3.8, 4) is 11.5 Å². The third-order valence-electron chi connectivity index (χ3n) is 6.40. The fourth-order valence-corrected chi connectivity index (χ4v) is 6.93. The number of sulfonamides is 1. The molecule has 0 fully saturated rings. The smallest absolute Gasteiger partial charge is 0.336 e. The second-order valence-electron chi connectivity index (χ2n) is 9.12. The summed E-state index contributed by atoms with van der Waals surface area (Å²) in [5, 5.41) is 7.94. The molecule has 5 heterocycles. The number of carbonyl (C=O) groups is 3. The molecule has 222 valence electrons. The number of ether oxygens (including phenoxy) is 2. The number of carbonyl (C=O) groups excluding carboxylic acids is 3. The average molecular weight is 646 g/mol. The van der Waals surface area contributed by atoms with Gasteiger partial charge in [-0.2, -0.15) is 4.72 Å². The van der Waals surface area contributed by atoms with Crippen molar-refractivity contribution >= 4 is 62.3 Å². The molecule has 0 radical (unpaired) electrons. The summed E-state index contributed by atoms with van der Waals surface area (Å²) in [6, 6.07) is 3.46. The lowest BCUT2D eigenvalue weighted by molar-refractivity contribution is 0.101. The molecule has 3 aromatic heterocycles. The van der Waals surface area contributed by atoms with Crippen molar-refractivity contribution in [1.82, 2.24) is 24.3 Å². The standard InChI is InChI=1S/C25H20ClN7O8S2/c1-13-20(26)23(41-29-13)32-6-7-33(25(36)31-5-4-27-11-31)24(32)30-43(37,38)19-3-8-42-21(19)22(35)28-16-10-18-17(39-12-40-18)9-15(16)14(2)34/h3-11,24,30H,12H2,1-2H3,(H,28,35). The maximum absolute atomic E-state index is 13.8. The molecular formula is C25H20ClN7O8S2. The van der Waals surface area contributed by atoms with Gasteiger partial charge in [0.2, 0.25) is 16.8 Å². The molecule has 0 saturated carbocycles. The number of amides is 2. The van der Waals surface area contributed by atoms with E-state index in [9.17, 15) is 22.8 Å². The van der Waals surface area contributed by atoms with Crippen LogP contribution in [0.15, 0.2) is 64.1 Å². The highest BCUT2D eigenvalue weighted by molar-refractivity contribution is 7.89. The van der Waals surface area contributed by atoms with Gasteiger partial charge in [0.05, 0.1) is 5.69 Å². The number of thiophene rings is 1. The highest BCUT2D eigenvalue weighted by Crippen LogP contribution is 2.38. The number of hydrogen-bond acceptors (Lipinski definition) is 12. The van der Waals surface area contributed by atoms with Crippen molar-refractivity contribution in [2.24, 2.45) is 0 Å². The van der Waals surface area contributed by atoms with E-state index in [-0.39, 0.29) is 44.5 Å². The number of nitrogens with zero attached hydrogens (tertiary/aromatic N) is 5. The lowest BCUT2D eigenvalue weighted by Gasteiger charge is -2.30. The Balaban J connectivity index is 1.32. The monoisotopic (exact) mass is 645 g/mol. The summed E-state index contributed by atoms with van der Waals surface area (Å²) in [5.41, 5.74) is 0.610. The highest BCUT2D eigenvalue weighted by Gasteiger charge is 2.40. The molecule has 2 aliphatic heterocycles. The maximum Gasteiger partial charge on any atom is 0.336 e. The molecule has 0 bridgehead atoms. The first-order valence-corrected chi connectivity index (χ1v) is 15.0. The Kier molecular flexibility index (Phi) is 7.17. The van der Waals surface area contributed by atoms with Crippen LogP contribution in [0.3, 0.4) is 0 Å². The number of fused-ring (bicyclic) bond motifs is 1. The molecule has 2 N–H and O–H groups in total. The molecule has 43 heavy (non-hydrogen) atoms. The minimum atomic E-state index is -4.50. The molecule has 1 aromatic carbocycles. The number of ketones is 1. The summed E-state index contributed by atoms with van der Waals surface area (Å²) in [7, 11) is -4.50. The molecule has 15 nitrogen and oxygen atoms in total. The summed E-state index contributed by atoms with van der Waals surface area (Å²) in [4.78, 5) is 44.6. The van der Waals surface area contributed by atoms with Crippen LogP contribution in [0.25, 0.3) is 0 Å². The van der Waals surface area contributed by atoms with E-state index in [1.807, 2.05) is 0 Å². The molecule has 2 aliphatic rings. The van der Waals surface area contributed by atoms with E-state index in [0.29, 0.717) is 17.2 Å². The average Bonchev–Trinajstić information content (AvgIpc) is 3.80. The largest absolute Gasteiger partial charge is 0.454 e. The fourth-order valence-electron chi connectivity index (χ4n) is 4.31. The molecule has 4 aromatic rings. The number of hydrogen-bond donors (Lipinski definition) is 2. The van der Waals surface area contributed by atoms with Gasteiger partial charge in [0, 0.05) is 36.4 Å². The van der Waals surface area contributed by atoms with Gasteiger partial charge in [-0.25, -0.2) is 18.2 Å². The molecule has 0 aliphatic carbocycles. The Morgan fingerprint density at radius 2 is 1.93 bits per heavy atom. The number of nitrogens with one attached hydrogen (secondary N) is 2. The lowest BCUT2D eigenvalue weighted by Crippen LogP contribution is -2.54. The van der Waals surface area contributed by atoms with Gasteiger partial charge in [0.15, 0.2) is 23.6 Å². The van der Waals surface area contributed by atoms with Crippen molar-refractivity contribution in [2.45, 2.75) is 25.0 Å². The topological polar surface area (TPSA) is 178 Å². The lowest BCUT2D eigenvalue weighted by atomic mass is 10.1. The first-order valence-electron chi connectivity index (χ1n) is 12.3. The molecule has 0 saturated heterocycles. The van der Waals surface area contributed by atoms with E-state index >= 15 is 0 Å². The van der Waals surface area contributed by atoms with Crippen LogP contribution in [-0.2, 0) is 10.0 Å². The minimum Gasteiger partial charge on any atom is -0.454 e. The van der Waals surface area contributed by atoms with Crippen LogP contribution in [0.2, 0.25) is 5.02 Å². The normalized spacial score (nSPS) is 15.7. The van der Waals surface area contributed by atoms with Gasteiger partial charge in [-0.3, -0.25) is 24.0 Å². The molecule has 18 heteroatoms. The number of halogens is 1. The van der Waals surface area contributed by atoms with Crippen molar-refractivity contribution in [1.29, 1.82) is 0 Å². The van der Waals surface area contributed by atoms with Crippen molar-refractivity contribution in [3.63, 3.8) is 0 Å². The van der Waals surface area contributed by atoms with Gasteiger partial charge < -0.3 is 19.3 Å². The summed E-state index contributed by atoms with van der Waals surface area (Å²) in [6.45, 7) is 2.87. The number of rotatable bonds is 7. The summed E-state index contributed by atoms with van der Waals surface area (Å²) < 4.78 is 47.2. The number of benzene rings is 1. The first kappa shape index (κ1) is 28.4. The van der Waals surface area contributed by atoms with E-state index in [2.05, 4.69) is 20.2 Å². The van der Waals surface area contributed by atoms with E-state index in [1.165, 1.54) is 66.5 Å². The van der Waals surface area contributed by atoms with Crippen LogP contribution in [0, 0.1) is 6.92 Å². The fraction of sp³-hybridized carbons (Fsp3) is 0.160. The van der Waals surface area contributed by atoms with Gasteiger partial charge in [0.25, 0.3) is 11.8 Å². The third kappa shape index (κ3) is 5.11. The van der Waals surface area contributed by atoms with Crippen LogP contribution >= 0.6 is 22.9 Å². The Morgan fingerprint density at radius 1 is 1.16 bits per heavy atom. The van der Waals surface area contributed by atoms with Gasteiger partial charge in [-0.1, -0.05) is 16.8 Å². The second kappa shape index (κ2) is 10.8. The summed E-state index contributed by atoms with van der Waals surface area (Å²) >= 11 is 7.21. The van der Waals surface area contributed by atoms with Gasteiger partial charge >= 0.3 is 6.03 Å². The van der Waals surface area contributed by atoms with Crippen LogP contribution in [0.4, 0.5) is 16.4 Å². The van der Waals surface area contributed by atoms with Crippen LogP contribution in [0.1, 0.15) is 32.6 Å². The van der Waals surface area contributed by atoms with E-state index < -0.39 is 28.3 Å². The van der Waals surface area contributed by atoms with Crippen LogP contribution in [0.5, 0.6) is 11.5 Å². The molecule has 1 unspecified atom stereocenters. The Labute approximate surface area is 252 Å². The maximum atomic E-state index is 13.8. The number of anilines is 2. The Morgan fingerprint density at radius 3 is 2.60 bits per heavy atom. The molecular weight excluding hydrogens is 626 g/mol. The van der Waals surface area contributed by atoms with E-state index in [0.717, 1.165) is 20.8 Å². The van der Waals surface area contributed by atoms with E-state index in [1.54, 1.807) is 6.92 Å². The Hall–Kier alpha value is -4.71. The predicted octanol–water partition coefficient (Wildman–Crippen LogP) is 3.60. The van der Waals surface area contributed by atoms with Crippen molar-refractivity contribution in [2.75, 3.05) is 17.0 Å². The number of imidazole rings is 1. The third-order valence-corrected chi connectivity index (χ3v) is 9.31. The van der Waals surface area contributed by atoms with Crippen molar-refractivity contribution < 1.29 is 36.8 Å².